The molecule has 0 radical (unpaired) electrons. The minimum absolute atomic E-state index is 0.0549. The molecule has 0 unspecified atom stereocenters. The summed E-state index contributed by atoms with van der Waals surface area (Å²) in [6.07, 6.45) is -0.188. The molecule has 0 saturated heterocycles. The Morgan fingerprint density at radius 2 is 1.96 bits per heavy atom. The molecule has 134 valence electrons. The molecule has 26 heavy (non-hydrogen) atoms. The monoisotopic (exact) mass is 350 g/mol. The molecule has 4 rings (SSSR count). The van der Waals surface area contributed by atoms with Crippen LogP contribution in [-0.2, 0) is 0 Å². The fourth-order valence-electron chi connectivity index (χ4n) is 3.46. The number of aromatic nitrogens is 1. The van der Waals surface area contributed by atoms with E-state index in [9.17, 15) is 4.79 Å². The Morgan fingerprint density at radius 3 is 2.77 bits per heavy atom. The average molecular weight is 350 g/mol. The van der Waals surface area contributed by atoms with Gasteiger partial charge in [0.1, 0.15) is 12.3 Å². The summed E-state index contributed by atoms with van der Waals surface area (Å²) in [5, 5.41) is 1.08. The zero-order chi connectivity index (χ0) is 18.3. The van der Waals surface area contributed by atoms with Gasteiger partial charge in [-0.2, -0.15) is 0 Å². The van der Waals surface area contributed by atoms with Crippen molar-refractivity contribution in [3.05, 3.63) is 59.3 Å². The van der Waals surface area contributed by atoms with E-state index in [0.717, 1.165) is 22.4 Å². The molecule has 0 spiro atoms. The standard InChI is InChI=1S/C21H22N2O3/c1-13-8-14(2)16-10-18(22-17(16)9-13)21(24)23(3)11-15-12-25-19-6-4-5-7-20(19)26-15/h4-10,15,22H,11-12H2,1-3H3/t15-/m1/s1. The van der Waals surface area contributed by atoms with Crippen LogP contribution in [0.15, 0.2) is 42.5 Å². The van der Waals surface area contributed by atoms with Crippen LogP contribution >= 0.6 is 0 Å². The Labute approximate surface area is 152 Å². The van der Waals surface area contributed by atoms with Crippen LogP contribution in [0.2, 0.25) is 0 Å². The lowest BCUT2D eigenvalue weighted by Gasteiger charge is -2.29. The van der Waals surface area contributed by atoms with E-state index in [1.165, 1.54) is 11.1 Å². The van der Waals surface area contributed by atoms with Gasteiger partial charge in [0.15, 0.2) is 17.6 Å². The van der Waals surface area contributed by atoms with Crippen molar-refractivity contribution in [1.29, 1.82) is 0 Å². The number of rotatable bonds is 3. The van der Waals surface area contributed by atoms with Gasteiger partial charge in [0.25, 0.3) is 5.91 Å². The molecule has 0 fully saturated rings. The van der Waals surface area contributed by atoms with Gasteiger partial charge in [-0.1, -0.05) is 18.2 Å². The molecule has 0 saturated carbocycles. The minimum Gasteiger partial charge on any atom is -0.486 e. The van der Waals surface area contributed by atoms with Crippen LogP contribution in [0, 0.1) is 13.8 Å². The van der Waals surface area contributed by atoms with Crippen molar-refractivity contribution in [1.82, 2.24) is 9.88 Å². The second-order valence-corrected chi connectivity index (χ2v) is 6.91. The van der Waals surface area contributed by atoms with Gasteiger partial charge in [0.2, 0.25) is 0 Å². The van der Waals surface area contributed by atoms with Crippen molar-refractivity contribution in [2.24, 2.45) is 0 Å². The first-order chi connectivity index (χ1) is 12.5. The molecular weight excluding hydrogens is 328 g/mol. The number of para-hydroxylation sites is 2. The third kappa shape index (κ3) is 3.01. The van der Waals surface area contributed by atoms with E-state index >= 15 is 0 Å². The zero-order valence-electron chi connectivity index (χ0n) is 15.2. The molecule has 1 aromatic heterocycles. The van der Waals surface area contributed by atoms with E-state index in [4.69, 9.17) is 9.47 Å². The first kappa shape index (κ1) is 16.5. The summed E-state index contributed by atoms with van der Waals surface area (Å²) in [5.41, 5.74) is 3.92. The van der Waals surface area contributed by atoms with Crippen LogP contribution in [0.4, 0.5) is 0 Å². The van der Waals surface area contributed by atoms with E-state index < -0.39 is 0 Å². The molecule has 0 aliphatic carbocycles. The first-order valence-electron chi connectivity index (χ1n) is 8.75. The summed E-state index contributed by atoms with van der Waals surface area (Å²) >= 11 is 0. The third-order valence-corrected chi connectivity index (χ3v) is 4.71. The SMILES string of the molecule is Cc1cc(C)c2cc(C(=O)N(C)C[C@@H]3COc4ccccc4O3)[nH]c2c1. The molecule has 1 amide bonds. The van der Waals surface area contributed by atoms with Crippen LogP contribution in [-0.4, -0.2) is 42.1 Å². The fraction of sp³-hybridized carbons (Fsp3) is 0.286. The van der Waals surface area contributed by atoms with E-state index in [1.807, 2.05) is 30.3 Å². The maximum Gasteiger partial charge on any atom is 0.270 e. The number of carbonyl (C=O) groups is 1. The summed E-state index contributed by atoms with van der Waals surface area (Å²) in [6.45, 7) is 5.01. The summed E-state index contributed by atoms with van der Waals surface area (Å²) in [4.78, 5) is 17.8. The quantitative estimate of drug-likeness (QED) is 0.784. The van der Waals surface area contributed by atoms with Gasteiger partial charge in [-0.05, 0) is 49.2 Å². The fourth-order valence-corrected chi connectivity index (χ4v) is 3.46. The second-order valence-electron chi connectivity index (χ2n) is 6.91. The van der Waals surface area contributed by atoms with Crippen LogP contribution < -0.4 is 9.47 Å². The van der Waals surface area contributed by atoms with Gasteiger partial charge in [0.05, 0.1) is 6.54 Å². The van der Waals surface area contributed by atoms with Gasteiger partial charge in [-0.15, -0.1) is 0 Å². The predicted octanol–water partition coefficient (Wildman–Crippen LogP) is 3.70. The Hall–Kier alpha value is -2.95. The largest absolute Gasteiger partial charge is 0.486 e. The number of nitrogens with zero attached hydrogens (tertiary/aromatic N) is 1. The highest BCUT2D eigenvalue weighted by atomic mass is 16.6. The Balaban J connectivity index is 1.49. The molecule has 2 heterocycles. The number of ether oxygens (including phenoxy) is 2. The number of fused-ring (bicyclic) bond motifs is 2. The van der Waals surface area contributed by atoms with E-state index in [-0.39, 0.29) is 12.0 Å². The Morgan fingerprint density at radius 1 is 1.19 bits per heavy atom. The number of aryl methyl sites for hydroxylation is 2. The van der Waals surface area contributed by atoms with Crippen LogP contribution in [0.1, 0.15) is 21.6 Å². The van der Waals surface area contributed by atoms with Gasteiger partial charge in [0, 0.05) is 18.0 Å². The summed E-state index contributed by atoms with van der Waals surface area (Å²) in [7, 11) is 1.79. The third-order valence-electron chi connectivity index (χ3n) is 4.71. The summed E-state index contributed by atoms with van der Waals surface area (Å²) in [6, 6.07) is 13.7. The number of hydrogen-bond acceptors (Lipinski definition) is 3. The molecule has 1 aliphatic heterocycles. The predicted molar refractivity (Wildman–Crippen MR) is 101 cm³/mol. The number of amides is 1. The second kappa shape index (κ2) is 6.41. The maximum absolute atomic E-state index is 12.8. The topological polar surface area (TPSA) is 54.6 Å². The molecule has 1 N–H and O–H groups in total. The summed E-state index contributed by atoms with van der Waals surface area (Å²) in [5.74, 6) is 1.42. The smallest absolute Gasteiger partial charge is 0.270 e. The van der Waals surface area contributed by atoms with Crippen molar-refractivity contribution in [3.8, 4) is 11.5 Å². The number of H-pyrrole nitrogens is 1. The lowest BCUT2D eigenvalue weighted by molar-refractivity contribution is 0.0518. The molecule has 1 atom stereocenters. The van der Waals surface area contributed by atoms with E-state index in [1.54, 1.807) is 11.9 Å². The molecule has 5 nitrogen and oxygen atoms in total. The summed E-state index contributed by atoms with van der Waals surface area (Å²) < 4.78 is 11.7. The van der Waals surface area contributed by atoms with Gasteiger partial charge >= 0.3 is 0 Å². The van der Waals surface area contributed by atoms with Crippen molar-refractivity contribution < 1.29 is 14.3 Å². The van der Waals surface area contributed by atoms with Gasteiger partial charge in [-0.3, -0.25) is 4.79 Å². The average Bonchev–Trinajstić information content (AvgIpc) is 3.05. The van der Waals surface area contributed by atoms with Crippen LogP contribution in [0.3, 0.4) is 0 Å². The van der Waals surface area contributed by atoms with Gasteiger partial charge in [-0.25, -0.2) is 0 Å². The highest BCUT2D eigenvalue weighted by molar-refractivity contribution is 5.98. The first-order valence-corrected chi connectivity index (χ1v) is 8.75. The lowest BCUT2D eigenvalue weighted by Crippen LogP contribution is -2.41. The Bertz CT molecular complexity index is 977. The lowest BCUT2D eigenvalue weighted by atomic mass is 10.1. The Kier molecular flexibility index (Phi) is 4.07. The van der Waals surface area contributed by atoms with Crippen LogP contribution in [0.5, 0.6) is 11.5 Å². The number of likely N-dealkylation sites (N-methyl/N-ethyl adjacent to an activating group) is 1. The number of hydrogen-bond donors (Lipinski definition) is 1. The van der Waals surface area contributed by atoms with Crippen LogP contribution in [0.25, 0.3) is 10.9 Å². The highest BCUT2D eigenvalue weighted by Crippen LogP contribution is 2.31. The number of aromatic amines is 1. The van der Waals surface area contributed by atoms with E-state index in [2.05, 4.69) is 31.0 Å². The minimum atomic E-state index is -0.188. The van der Waals surface area contributed by atoms with Crippen molar-refractivity contribution >= 4 is 16.8 Å². The number of nitrogens with one attached hydrogen (secondary N) is 1. The van der Waals surface area contributed by atoms with Gasteiger partial charge < -0.3 is 19.4 Å². The zero-order valence-corrected chi connectivity index (χ0v) is 15.2. The van der Waals surface area contributed by atoms with E-state index in [0.29, 0.717) is 18.8 Å². The molecule has 1 aliphatic rings. The maximum atomic E-state index is 12.8. The highest BCUT2D eigenvalue weighted by Gasteiger charge is 2.24. The number of carbonyl (C=O) groups excluding carboxylic acids is 1. The van der Waals surface area contributed by atoms with Crippen molar-refractivity contribution in [2.75, 3.05) is 20.2 Å². The molecule has 0 bridgehead atoms. The molecular formula is C21H22N2O3. The molecule has 3 aromatic rings. The van der Waals surface area contributed by atoms with Crippen molar-refractivity contribution in [2.45, 2.75) is 20.0 Å². The molecule has 2 aromatic carbocycles. The number of benzene rings is 2. The van der Waals surface area contributed by atoms with Crippen molar-refractivity contribution in [3.63, 3.8) is 0 Å². The molecule has 5 heteroatoms. The normalized spacial score (nSPS) is 15.9.